The normalized spacial score (nSPS) is 20.2. The highest BCUT2D eigenvalue weighted by Gasteiger charge is 2.63. The van der Waals surface area contributed by atoms with Crippen LogP contribution in [0.2, 0.25) is 5.02 Å². The van der Waals surface area contributed by atoms with Gasteiger partial charge in [0, 0.05) is 24.8 Å². The summed E-state index contributed by atoms with van der Waals surface area (Å²) in [5.74, 6) is -1.90. The minimum Gasteiger partial charge on any atom is -0.481 e. The summed E-state index contributed by atoms with van der Waals surface area (Å²) in [6.07, 6.45) is -5.43. The lowest BCUT2D eigenvalue weighted by Gasteiger charge is -2.27. The van der Waals surface area contributed by atoms with Crippen LogP contribution >= 0.6 is 11.6 Å². The van der Waals surface area contributed by atoms with Gasteiger partial charge >= 0.3 is 12.1 Å². The fourth-order valence-corrected chi connectivity index (χ4v) is 3.80. The van der Waals surface area contributed by atoms with Gasteiger partial charge in [-0.25, -0.2) is 0 Å². The molecule has 0 spiro atoms. The van der Waals surface area contributed by atoms with Crippen LogP contribution in [-0.4, -0.2) is 30.3 Å². The molecule has 5 nitrogen and oxygen atoms in total. The first-order valence-corrected chi connectivity index (χ1v) is 8.72. The van der Waals surface area contributed by atoms with Crippen molar-refractivity contribution in [2.45, 2.75) is 12.6 Å². The third-order valence-electron chi connectivity index (χ3n) is 5.22. The predicted octanol–water partition coefficient (Wildman–Crippen LogP) is 4.44. The molecule has 3 aromatic rings. The quantitative estimate of drug-likeness (QED) is 0.631. The van der Waals surface area contributed by atoms with Gasteiger partial charge in [-0.15, -0.1) is 0 Å². The standard InChI is InChI=1S/C19H13ClF3NO4/c20-13-3-1-2-12-15(25)11-5-4-10(8-14(11)28-16(12)13)24-7-6-18(9-24,17(26)27)19(21,22)23/h1-5,8H,6-7,9H2,(H,26,27). The van der Waals surface area contributed by atoms with Gasteiger partial charge in [0.2, 0.25) is 5.43 Å². The fourth-order valence-electron chi connectivity index (χ4n) is 3.58. The Morgan fingerprint density at radius 1 is 1.21 bits per heavy atom. The van der Waals surface area contributed by atoms with Gasteiger partial charge in [-0.3, -0.25) is 9.59 Å². The van der Waals surface area contributed by atoms with Crippen molar-refractivity contribution in [3.8, 4) is 0 Å². The Balaban J connectivity index is 1.81. The van der Waals surface area contributed by atoms with E-state index in [0.29, 0.717) is 11.1 Å². The van der Waals surface area contributed by atoms with Crippen LogP contribution in [0.15, 0.2) is 45.6 Å². The van der Waals surface area contributed by atoms with Gasteiger partial charge in [-0.1, -0.05) is 17.7 Å². The highest BCUT2D eigenvalue weighted by molar-refractivity contribution is 6.34. The number of alkyl halides is 3. The summed E-state index contributed by atoms with van der Waals surface area (Å²) in [7, 11) is 0. The number of rotatable bonds is 2. The maximum atomic E-state index is 13.4. The lowest BCUT2D eigenvalue weighted by molar-refractivity contribution is -0.225. The van der Waals surface area contributed by atoms with E-state index in [4.69, 9.17) is 16.0 Å². The molecule has 0 aliphatic carbocycles. The van der Waals surface area contributed by atoms with Gasteiger partial charge in [0.25, 0.3) is 0 Å². The third kappa shape index (κ3) is 2.63. The lowest BCUT2D eigenvalue weighted by Crippen LogP contribution is -2.47. The van der Waals surface area contributed by atoms with Crippen molar-refractivity contribution in [1.29, 1.82) is 0 Å². The zero-order valence-corrected chi connectivity index (χ0v) is 15.0. The van der Waals surface area contributed by atoms with Gasteiger partial charge in [-0.2, -0.15) is 13.2 Å². The topological polar surface area (TPSA) is 70.8 Å². The molecule has 1 fully saturated rings. The highest BCUT2D eigenvalue weighted by atomic mass is 35.5. The molecule has 1 unspecified atom stereocenters. The van der Waals surface area contributed by atoms with Gasteiger partial charge in [0.15, 0.2) is 11.0 Å². The van der Waals surface area contributed by atoms with Crippen LogP contribution in [0.4, 0.5) is 18.9 Å². The number of halogens is 4. The summed E-state index contributed by atoms with van der Waals surface area (Å²) >= 11 is 6.09. The molecule has 1 aliphatic heterocycles. The van der Waals surface area contributed by atoms with Crippen molar-refractivity contribution in [3.05, 3.63) is 51.6 Å². The average molecular weight is 412 g/mol. The third-order valence-corrected chi connectivity index (χ3v) is 5.52. The molecule has 1 N–H and O–H groups in total. The number of carbonyl (C=O) groups is 1. The minimum absolute atomic E-state index is 0.0874. The second-order valence-corrected chi connectivity index (χ2v) is 7.19. The number of benzene rings is 2. The van der Waals surface area contributed by atoms with Crippen LogP contribution in [0.25, 0.3) is 21.9 Å². The van der Waals surface area contributed by atoms with Crippen molar-refractivity contribution >= 4 is 45.2 Å². The van der Waals surface area contributed by atoms with E-state index in [-0.39, 0.29) is 33.5 Å². The molecule has 1 atom stereocenters. The van der Waals surface area contributed by atoms with Gasteiger partial charge in [0.05, 0.1) is 15.8 Å². The van der Waals surface area contributed by atoms with Gasteiger partial charge < -0.3 is 14.4 Å². The summed E-state index contributed by atoms with van der Waals surface area (Å²) in [5, 5.41) is 10.0. The van der Waals surface area contributed by atoms with E-state index < -0.39 is 30.5 Å². The van der Waals surface area contributed by atoms with Gasteiger partial charge in [0.1, 0.15) is 5.58 Å². The van der Waals surface area contributed by atoms with E-state index in [1.807, 2.05) is 0 Å². The second-order valence-electron chi connectivity index (χ2n) is 6.78. The zero-order chi connectivity index (χ0) is 20.3. The number of para-hydroxylation sites is 1. The largest absolute Gasteiger partial charge is 0.481 e. The molecule has 0 radical (unpaired) electrons. The number of hydrogen-bond acceptors (Lipinski definition) is 4. The maximum Gasteiger partial charge on any atom is 0.406 e. The van der Waals surface area contributed by atoms with Crippen LogP contribution < -0.4 is 10.3 Å². The molecule has 0 saturated carbocycles. The molecule has 28 heavy (non-hydrogen) atoms. The van der Waals surface area contributed by atoms with Crippen LogP contribution in [0.3, 0.4) is 0 Å². The van der Waals surface area contributed by atoms with Crippen LogP contribution in [0, 0.1) is 5.41 Å². The van der Waals surface area contributed by atoms with E-state index >= 15 is 0 Å². The number of anilines is 1. The van der Waals surface area contributed by atoms with Crippen LogP contribution in [0.5, 0.6) is 0 Å². The number of fused-ring (bicyclic) bond motifs is 2. The van der Waals surface area contributed by atoms with Crippen LogP contribution in [-0.2, 0) is 4.79 Å². The van der Waals surface area contributed by atoms with E-state index in [9.17, 15) is 27.9 Å². The molecule has 0 bridgehead atoms. The molecule has 9 heteroatoms. The van der Waals surface area contributed by atoms with E-state index in [2.05, 4.69) is 0 Å². The highest BCUT2D eigenvalue weighted by Crippen LogP contribution is 2.47. The Morgan fingerprint density at radius 2 is 1.96 bits per heavy atom. The first kappa shape index (κ1) is 18.6. The predicted molar refractivity (Wildman–Crippen MR) is 98.0 cm³/mol. The number of hydrogen-bond donors (Lipinski definition) is 1. The molecular weight excluding hydrogens is 399 g/mol. The summed E-state index contributed by atoms with van der Waals surface area (Å²) in [6.45, 7) is -0.800. The zero-order valence-electron chi connectivity index (χ0n) is 14.2. The average Bonchev–Trinajstić information content (AvgIpc) is 3.09. The van der Waals surface area contributed by atoms with Crippen molar-refractivity contribution in [2.75, 3.05) is 18.0 Å². The monoisotopic (exact) mass is 411 g/mol. The number of carboxylic acids is 1. The SMILES string of the molecule is O=C(O)C1(C(F)(F)F)CCN(c2ccc3c(=O)c4cccc(Cl)c4oc3c2)C1. The molecule has 4 rings (SSSR count). The van der Waals surface area contributed by atoms with E-state index in [1.54, 1.807) is 18.2 Å². The summed E-state index contributed by atoms with van der Waals surface area (Å²) in [6, 6.07) is 9.15. The Labute approximate surface area is 160 Å². The summed E-state index contributed by atoms with van der Waals surface area (Å²) in [5.41, 5.74) is -2.43. The van der Waals surface area contributed by atoms with Crippen molar-refractivity contribution in [3.63, 3.8) is 0 Å². The molecule has 1 saturated heterocycles. The molecular formula is C19H13ClF3NO4. The molecule has 2 heterocycles. The first-order chi connectivity index (χ1) is 13.1. The van der Waals surface area contributed by atoms with Crippen LogP contribution in [0.1, 0.15) is 6.42 Å². The Morgan fingerprint density at radius 3 is 2.61 bits per heavy atom. The first-order valence-electron chi connectivity index (χ1n) is 8.34. The van der Waals surface area contributed by atoms with E-state index in [0.717, 1.165) is 0 Å². The van der Waals surface area contributed by atoms with Crippen molar-refractivity contribution < 1.29 is 27.5 Å². The lowest BCUT2D eigenvalue weighted by atomic mass is 9.86. The molecule has 0 amide bonds. The maximum absolute atomic E-state index is 13.4. The van der Waals surface area contributed by atoms with Crippen molar-refractivity contribution in [2.24, 2.45) is 5.41 Å². The molecule has 2 aromatic carbocycles. The smallest absolute Gasteiger partial charge is 0.406 e. The van der Waals surface area contributed by atoms with Crippen molar-refractivity contribution in [1.82, 2.24) is 0 Å². The Hall–Kier alpha value is -2.74. The summed E-state index contributed by atoms with van der Waals surface area (Å²) < 4.78 is 45.9. The number of aliphatic carboxylic acids is 1. The van der Waals surface area contributed by atoms with E-state index in [1.165, 1.54) is 23.1 Å². The Bertz CT molecular complexity index is 1170. The Kier molecular flexibility index (Phi) is 4.08. The fraction of sp³-hybridized carbons (Fsp3) is 0.263. The number of nitrogens with zero attached hydrogens (tertiary/aromatic N) is 1. The summed E-state index contributed by atoms with van der Waals surface area (Å²) in [4.78, 5) is 25.3. The minimum atomic E-state index is -4.87. The molecule has 1 aromatic heterocycles. The second kappa shape index (κ2) is 6.13. The van der Waals surface area contributed by atoms with Gasteiger partial charge in [-0.05, 0) is 30.7 Å². The molecule has 1 aliphatic rings. The number of carboxylic acid groups (broad SMARTS) is 1. The molecule has 146 valence electrons.